The third kappa shape index (κ3) is 21.1. The Hall–Kier alpha value is 0.0700. The predicted molar refractivity (Wildman–Crippen MR) is 124 cm³/mol. The van der Waals surface area contributed by atoms with Crippen molar-refractivity contribution in [3.63, 3.8) is 0 Å². The van der Waals surface area contributed by atoms with Crippen LogP contribution in [0.4, 0.5) is 0 Å². The SMILES string of the molecule is CCCCCCCCCCCCCCCCOP(=O)(OCC)OCC[N+](C)(C)C. The van der Waals surface area contributed by atoms with Gasteiger partial charge in [-0.1, -0.05) is 90.4 Å². The second-order valence-corrected chi connectivity index (χ2v) is 10.8. The first-order chi connectivity index (χ1) is 13.8. The number of unbranched alkanes of at least 4 members (excludes halogenated alkanes) is 13. The fourth-order valence-corrected chi connectivity index (χ4v) is 4.37. The number of quaternary nitrogens is 1. The van der Waals surface area contributed by atoms with Gasteiger partial charge in [-0.05, 0) is 13.3 Å². The zero-order valence-electron chi connectivity index (χ0n) is 20.3. The molecule has 176 valence electrons. The van der Waals surface area contributed by atoms with E-state index in [1.807, 2.05) is 6.92 Å². The molecule has 0 aromatic heterocycles. The number of hydrogen-bond donors (Lipinski definition) is 0. The molecule has 29 heavy (non-hydrogen) atoms. The standard InChI is InChI=1S/C23H51NO4P/c1-6-8-9-10-11-12-13-14-15-16-17-18-19-20-22-27-29(25,26-7-2)28-23-21-24(3,4)5/h6-23H2,1-5H3/q+1. The number of phosphoric acid groups is 1. The predicted octanol–water partition coefficient (Wildman–Crippen LogP) is 7.35. The minimum Gasteiger partial charge on any atom is -0.329 e. The molecule has 1 atom stereocenters. The fourth-order valence-electron chi connectivity index (χ4n) is 3.17. The Labute approximate surface area is 182 Å². The molecule has 0 saturated carbocycles. The number of phosphoric ester groups is 1. The molecule has 1 unspecified atom stereocenters. The van der Waals surface area contributed by atoms with E-state index < -0.39 is 7.82 Å². The molecule has 0 heterocycles. The molecule has 0 aromatic rings. The van der Waals surface area contributed by atoms with Crippen LogP contribution in [0.1, 0.15) is 104 Å². The lowest BCUT2D eigenvalue weighted by Crippen LogP contribution is -2.37. The topological polar surface area (TPSA) is 44.8 Å². The average molecular weight is 437 g/mol. The number of rotatable bonds is 22. The Bertz CT molecular complexity index is 399. The van der Waals surface area contributed by atoms with E-state index in [0.29, 0.717) is 19.8 Å². The third-order valence-corrected chi connectivity index (χ3v) is 6.62. The summed E-state index contributed by atoms with van der Waals surface area (Å²) < 4.78 is 29.5. The largest absolute Gasteiger partial charge is 0.474 e. The molecule has 0 saturated heterocycles. The Morgan fingerprint density at radius 2 is 1.00 bits per heavy atom. The number of hydrogen-bond acceptors (Lipinski definition) is 4. The van der Waals surface area contributed by atoms with Crippen LogP contribution in [0.5, 0.6) is 0 Å². The third-order valence-electron chi connectivity index (χ3n) is 5.05. The van der Waals surface area contributed by atoms with Gasteiger partial charge in [0.15, 0.2) is 0 Å². The highest BCUT2D eigenvalue weighted by Gasteiger charge is 2.26. The number of likely N-dealkylation sites (N-methyl/N-ethyl adjacent to an activating group) is 1. The lowest BCUT2D eigenvalue weighted by molar-refractivity contribution is -0.870. The van der Waals surface area contributed by atoms with E-state index in [1.54, 1.807) is 0 Å². The maximum absolute atomic E-state index is 12.6. The molecule has 0 fully saturated rings. The van der Waals surface area contributed by atoms with Gasteiger partial charge in [0, 0.05) is 0 Å². The summed E-state index contributed by atoms with van der Waals surface area (Å²) in [5.74, 6) is 0. The second kappa shape index (κ2) is 18.8. The summed E-state index contributed by atoms with van der Waals surface area (Å²) in [5.41, 5.74) is 0. The first-order valence-electron chi connectivity index (χ1n) is 12.2. The van der Waals surface area contributed by atoms with Crippen molar-refractivity contribution in [3.05, 3.63) is 0 Å². The minimum absolute atomic E-state index is 0.334. The van der Waals surface area contributed by atoms with Crippen molar-refractivity contribution in [1.29, 1.82) is 0 Å². The van der Waals surface area contributed by atoms with Crippen molar-refractivity contribution in [1.82, 2.24) is 0 Å². The maximum atomic E-state index is 12.6. The normalized spacial score (nSPS) is 14.2. The van der Waals surface area contributed by atoms with Gasteiger partial charge >= 0.3 is 7.82 Å². The fraction of sp³-hybridized carbons (Fsp3) is 1.00. The summed E-state index contributed by atoms with van der Waals surface area (Å²) in [7, 11) is 2.82. The van der Waals surface area contributed by atoms with Gasteiger partial charge in [-0.2, -0.15) is 0 Å². The second-order valence-electron chi connectivity index (χ2n) is 9.14. The van der Waals surface area contributed by atoms with Crippen LogP contribution in [0, 0.1) is 0 Å². The van der Waals surface area contributed by atoms with Gasteiger partial charge in [0.05, 0.1) is 34.4 Å². The van der Waals surface area contributed by atoms with Gasteiger partial charge in [0.1, 0.15) is 13.2 Å². The summed E-state index contributed by atoms with van der Waals surface area (Å²) in [4.78, 5) is 0. The van der Waals surface area contributed by atoms with E-state index >= 15 is 0 Å². The molecule has 0 amide bonds. The lowest BCUT2D eigenvalue weighted by Gasteiger charge is -2.25. The van der Waals surface area contributed by atoms with Crippen LogP contribution in [-0.4, -0.2) is 52.0 Å². The van der Waals surface area contributed by atoms with E-state index in [2.05, 4.69) is 28.1 Å². The molecular formula is C23H51NO4P+. The highest BCUT2D eigenvalue weighted by Crippen LogP contribution is 2.49. The van der Waals surface area contributed by atoms with Crippen LogP contribution >= 0.6 is 7.82 Å². The first-order valence-corrected chi connectivity index (χ1v) is 13.6. The Morgan fingerprint density at radius 1 is 0.586 bits per heavy atom. The van der Waals surface area contributed by atoms with Crippen molar-refractivity contribution in [2.45, 2.75) is 104 Å². The Morgan fingerprint density at radius 3 is 1.41 bits per heavy atom. The molecule has 0 bridgehead atoms. The van der Waals surface area contributed by atoms with Gasteiger partial charge in [-0.25, -0.2) is 4.57 Å². The van der Waals surface area contributed by atoms with Crippen LogP contribution in [0.3, 0.4) is 0 Å². The highest BCUT2D eigenvalue weighted by atomic mass is 31.2. The Balaban J connectivity index is 3.55. The van der Waals surface area contributed by atoms with E-state index in [9.17, 15) is 4.57 Å². The molecule has 0 aliphatic carbocycles. The molecule has 0 aromatic carbocycles. The first kappa shape index (κ1) is 29.1. The van der Waals surface area contributed by atoms with E-state index in [4.69, 9.17) is 13.6 Å². The summed E-state index contributed by atoms with van der Waals surface area (Å²) >= 11 is 0. The Kier molecular flexibility index (Phi) is 18.9. The maximum Gasteiger partial charge on any atom is 0.474 e. The van der Waals surface area contributed by atoms with Crippen LogP contribution < -0.4 is 0 Å². The molecular weight excluding hydrogens is 385 g/mol. The summed E-state index contributed by atoms with van der Waals surface area (Å²) in [6.45, 7) is 6.00. The zero-order valence-corrected chi connectivity index (χ0v) is 21.1. The quantitative estimate of drug-likeness (QED) is 0.101. The highest BCUT2D eigenvalue weighted by molar-refractivity contribution is 7.48. The van der Waals surface area contributed by atoms with Gasteiger partial charge in [0.2, 0.25) is 0 Å². The van der Waals surface area contributed by atoms with Gasteiger partial charge in [0.25, 0.3) is 0 Å². The van der Waals surface area contributed by atoms with Crippen LogP contribution in [0.15, 0.2) is 0 Å². The average Bonchev–Trinajstić information content (AvgIpc) is 2.64. The number of nitrogens with zero attached hydrogens (tertiary/aromatic N) is 1. The molecule has 0 N–H and O–H groups in total. The minimum atomic E-state index is -3.40. The van der Waals surface area contributed by atoms with E-state index in [1.165, 1.54) is 77.0 Å². The molecule has 5 nitrogen and oxygen atoms in total. The smallest absolute Gasteiger partial charge is 0.329 e. The van der Waals surface area contributed by atoms with Crippen LogP contribution in [-0.2, 0) is 18.1 Å². The van der Waals surface area contributed by atoms with Crippen molar-refractivity contribution < 1.29 is 22.6 Å². The molecule has 0 spiro atoms. The summed E-state index contributed by atoms with van der Waals surface area (Å²) in [5, 5.41) is 0. The molecule has 6 heteroatoms. The summed E-state index contributed by atoms with van der Waals surface area (Å²) in [6.07, 6.45) is 18.4. The zero-order chi connectivity index (χ0) is 21.8. The monoisotopic (exact) mass is 436 g/mol. The van der Waals surface area contributed by atoms with Crippen molar-refractivity contribution >= 4 is 7.82 Å². The lowest BCUT2D eigenvalue weighted by atomic mass is 10.0. The van der Waals surface area contributed by atoms with Gasteiger partial charge < -0.3 is 4.48 Å². The van der Waals surface area contributed by atoms with Gasteiger partial charge in [-0.3, -0.25) is 13.6 Å². The summed E-state index contributed by atoms with van der Waals surface area (Å²) in [6, 6.07) is 0. The van der Waals surface area contributed by atoms with Crippen molar-refractivity contribution in [2.75, 3.05) is 47.5 Å². The molecule has 0 aliphatic heterocycles. The van der Waals surface area contributed by atoms with Crippen molar-refractivity contribution in [2.24, 2.45) is 0 Å². The van der Waals surface area contributed by atoms with Crippen LogP contribution in [0.2, 0.25) is 0 Å². The molecule has 0 rings (SSSR count). The van der Waals surface area contributed by atoms with Crippen LogP contribution in [0.25, 0.3) is 0 Å². The van der Waals surface area contributed by atoms with Gasteiger partial charge in [-0.15, -0.1) is 0 Å². The van der Waals surface area contributed by atoms with Crippen molar-refractivity contribution in [3.8, 4) is 0 Å². The van der Waals surface area contributed by atoms with E-state index in [-0.39, 0.29) is 0 Å². The molecule has 0 aliphatic rings. The molecule has 0 radical (unpaired) electrons. The van der Waals surface area contributed by atoms with E-state index in [0.717, 1.165) is 23.9 Å².